The number of hydrogen-bond acceptors (Lipinski definition) is 8. The number of esters is 3. The zero-order valence-corrected chi connectivity index (χ0v) is 36.7. The molecule has 3 unspecified atom stereocenters. The minimum absolute atomic E-state index is 0.0231. The third-order valence-electron chi connectivity index (χ3n) is 8.99. The summed E-state index contributed by atoms with van der Waals surface area (Å²) in [7, 11) is 4.30. The molecule has 1 N–H and O–H groups in total. The Morgan fingerprint density at radius 3 is 1.18 bits per heavy atom. The molecule has 0 aliphatic rings. The Hall–Kier alpha value is -4.31. The van der Waals surface area contributed by atoms with Crippen molar-refractivity contribution in [2.45, 2.75) is 85.5 Å². The van der Waals surface area contributed by atoms with Gasteiger partial charge in [0.2, 0.25) is 0 Å². The lowest BCUT2D eigenvalue weighted by atomic mass is 9.99. The molecule has 0 spiro atoms. The molecule has 56 heavy (non-hydrogen) atoms. The van der Waals surface area contributed by atoms with Gasteiger partial charge in [0.05, 0.1) is 27.2 Å². The van der Waals surface area contributed by atoms with E-state index in [2.05, 4.69) is 81.1 Å². The molecule has 8 nitrogen and oxygen atoms in total. The van der Waals surface area contributed by atoms with Crippen LogP contribution in [0.2, 0.25) is 0 Å². The number of rotatable bonds is 15. The highest BCUT2D eigenvalue weighted by Crippen LogP contribution is 2.20. The number of nitrogens with one attached hydrogen (secondary N) is 1. The van der Waals surface area contributed by atoms with E-state index in [4.69, 9.17) is 9.47 Å². The lowest BCUT2D eigenvalue weighted by Crippen LogP contribution is -2.44. The topological polar surface area (TPSA) is 94.2 Å². The molecule has 3 atom stereocenters. The second kappa shape index (κ2) is 29.0. The normalized spacial score (nSPS) is 12.1. The minimum Gasteiger partial charge on any atom is -0.469 e. The van der Waals surface area contributed by atoms with Gasteiger partial charge in [-0.3, -0.25) is 19.3 Å². The summed E-state index contributed by atoms with van der Waals surface area (Å²) in [5.41, 5.74) is 4.88. The third kappa shape index (κ3) is 20.0. The third-order valence-corrected chi connectivity index (χ3v) is 9.63. The summed E-state index contributed by atoms with van der Waals surface area (Å²) in [4.78, 5) is 36.7. The molecule has 0 aromatic heterocycles. The molecule has 0 fully saturated rings. The molecule has 0 bridgehead atoms. The van der Waals surface area contributed by atoms with E-state index in [0.29, 0.717) is 25.6 Å². The summed E-state index contributed by atoms with van der Waals surface area (Å²) in [6, 6.07) is 40.3. The zero-order valence-electron chi connectivity index (χ0n) is 35.1. The number of carbonyl (C=O) groups excluding carboxylic acids is 3. The van der Waals surface area contributed by atoms with E-state index in [0.717, 1.165) is 10.9 Å². The number of halogens is 1. The average Bonchev–Trinajstić information content (AvgIpc) is 3.22. The van der Waals surface area contributed by atoms with Crippen molar-refractivity contribution in [3.63, 3.8) is 0 Å². The highest BCUT2D eigenvalue weighted by Gasteiger charge is 2.30. The summed E-state index contributed by atoms with van der Waals surface area (Å²) >= 11 is 3.36. The number of methoxy groups -OCH3 is 3. The smallest absolute Gasteiger partial charge is 0.323 e. The molecule has 0 saturated carbocycles. The largest absolute Gasteiger partial charge is 0.469 e. The number of nitrogens with zero attached hydrogens (tertiary/aromatic N) is 1. The molecule has 306 valence electrons. The van der Waals surface area contributed by atoms with Gasteiger partial charge in [-0.15, -0.1) is 0 Å². The summed E-state index contributed by atoms with van der Waals surface area (Å²) < 4.78 is 14.3. The van der Waals surface area contributed by atoms with Crippen LogP contribution in [-0.2, 0) is 53.6 Å². The lowest BCUT2D eigenvalue weighted by molar-refractivity contribution is -0.149. The van der Waals surface area contributed by atoms with E-state index >= 15 is 0 Å². The van der Waals surface area contributed by atoms with E-state index in [1.165, 1.54) is 38.0 Å². The van der Waals surface area contributed by atoms with Crippen molar-refractivity contribution in [3.8, 4) is 0 Å². The van der Waals surface area contributed by atoms with Crippen LogP contribution >= 0.6 is 15.9 Å². The molecule has 9 heteroatoms. The molecular formula is C47H65BrN2O6. The van der Waals surface area contributed by atoms with E-state index in [1.54, 1.807) is 0 Å². The Labute approximate surface area is 345 Å². The SMILES string of the molecule is BrCc1ccccc1.COC(=O)C(C(C)C)N(Cc1ccccc1)Cc1ccccc1.COC(=O)C(C)C(C)C.COC(=O)C(NCc1ccccc1)C(C)C. The van der Waals surface area contributed by atoms with Gasteiger partial charge in [-0.1, -0.05) is 186 Å². The maximum atomic E-state index is 12.3. The Morgan fingerprint density at radius 2 is 0.893 bits per heavy atom. The van der Waals surface area contributed by atoms with Crippen LogP contribution in [0.4, 0.5) is 0 Å². The first-order chi connectivity index (χ1) is 26.8. The standard InChI is InChI=1S/C20H25NO2.C13H19NO2.C7H7Br.C7H14O2/c1-16(2)19(20(22)23-3)21(14-17-10-6-4-7-11-17)15-18-12-8-5-9-13-18;1-10(2)12(13(15)16-3)14-9-11-7-5-4-6-8-11;8-6-7-4-2-1-3-5-7;1-5(2)6(3)7(8)9-4/h4-13,16,19H,14-15H2,1-3H3;4-8,10,12,14H,9H2,1-3H3;1-5H,6H2;5-6H,1-4H3. The van der Waals surface area contributed by atoms with Gasteiger partial charge in [-0.25, -0.2) is 0 Å². The van der Waals surface area contributed by atoms with Crippen LogP contribution < -0.4 is 5.32 Å². The monoisotopic (exact) mass is 832 g/mol. The van der Waals surface area contributed by atoms with E-state index in [1.807, 2.05) is 120 Å². The Morgan fingerprint density at radius 1 is 0.518 bits per heavy atom. The number of alkyl halides is 1. The number of carbonyl (C=O) groups is 3. The van der Waals surface area contributed by atoms with Gasteiger partial charge in [-0.2, -0.15) is 0 Å². The second-order valence-corrected chi connectivity index (χ2v) is 14.9. The molecule has 0 amide bonds. The van der Waals surface area contributed by atoms with Gasteiger partial charge in [-0.05, 0) is 40.0 Å². The van der Waals surface area contributed by atoms with Gasteiger partial charge in [0.15, 0.2) is 0 Å². The fourth-order valence-electron chi connectivity index (χ4n) is 5.42. The summed E-state index contributed by atoms with van der Waals surface area (Å²) in [6.45, 7) is 16.1. The van der Waals surface area contributed by atoms with Crippen LogP contribution in [0.25, 0.3) is 0 Å². The van der Waals surface area contributed by atoms with Crippen LogP contribution in [0.3, 0.4) is 0 Å². The molecule has 4 aromatic carbocycles. The van der Waals surface area contributed by atoms with Crippen LogP contribution in [0, 0.1) is 23.7 Å². The number of benzene rings is 4. The van der Waals surface area contributed by atoms with Crippen molar-refractivity contribution in [2.75, 3.05) is 21.3 Å². The molecule has 4 aromatic rings. The van der Waals surface area contributed by atoms with Crippen molar-refractivity contribution >= 4 is 33.8 Å². The molecular weight excluding hydrogens is 768 g/mol. The zero-order chi connectivity index (χ0) is 41.9. The van der Waals surface area contributed by atoms with E-state index in [9.17, 15) is 14.4 Å². The van der Waals surface area contributed by atoms with Gasteiger partial charge in [0, 0.05) is 25.0 Å². The maximum absolute atomic E-state index is 12.3. The highest BCUT2D eigenvalue weighted by atomic mass is 79.9. The van der Waals surface area contributed by atoms with Crippen molar-refractivity contribution in [3.05, 3.63) is 144 Å². The van der Waals surface area contributed by atoms with Crippen LogP contribution in [0.5, 0.6) is 0 Å². The van der Waals surface area contributed by atoms with Gasteiger partial charge in [0.1, 0.15) is 12.1 Å². The fraction of sp³-hybridized carbons (Fsp3) is 0.426. The van der Waals surface area contributed by atoms with Crippen LogP contribution in [0.15, 0.2) is 121 Å². The predicted molar refractivity (Wildman–Crippen MR) is 232 cm³/mol. The first-order valence-electron chi connectivity index (χ1n) is 19.2. The van der Waals surface area contributed by atoms with Crippen LogP contribution in [0.1, 0.15) is 70.7 Å². The lowest BCUT2D eigenvalue weighted by Gasteiger charge is -2.32. The van der Waals surface area contributed by atoms with Crippen molar-refractivity contribution in [2.24, 2.45) is 23.7 Å². The average molecular weight is 834 g/mol. The van der Waals surface area contributed by atoms with Gasteiger partial charge >= 0.3 is 17.9 Å². The fourth-order valence-corrected chi connectivity index (χ4v) is 5.79. The summed E-state index contributed by atoms with van der Waals surface area (Å²) in [5, 5.41) is 4.16. The predicted octanol–water partition coefficient (Wildman–Crippen LogP) is 9.89. The van der Waals surface area contributed by atoms with Crippen molar-refractivity contribution in [1.29, 1.82) is 0 Å². The maximum Gasteiger partial charge on any atom is 0.323 e. The second-order valence-electron chi connectivity index (χ2n) is 14.4. The Bertz CT molecular complexity index is 1560. The summed E-state index contributed by atoms with van der Waals surface area (Å²) in [5.74, 6) is 0.293. The first-order valence-corrected chi connectivity index (χ1v) is 20.3. The molecule has 0 radical (unpaired) electrons. The molecule has 0 heterocycles. The van der Waals surface area contributed by atoms with E-state index in [-0.39, 0.29) is 47.7 Å². The number of ether oxygens (including phenoxy) is 3. The number of hydrogen-bond donors (Lipinski definition) is 1. The minimum atomic E-state index is -0.264. The van der Waals surface area contributed by atoms with Gasteiger partial charge in [0.25, 0.3) is 0 Å². The highest BCUT2D eigenvalue weighted by molar-refractivity contribution is 9.08. The molecule has 0 aliphatic carbocycles. The van der Waals surface area contributed by atoms with Crippen molar-refractivity contribution in [1.82, 2.24) is 10.2 Å². The first kappa shape index (κ1) is 49.7. The van der Waals surface area contributed by atoms with Crippen molar-refractivity contribution < 1.29 is 28.6 Å². The Balaban J connectivity index is 0.000000410. The summed E-state index contributed by atoms with van der Waals surface area (Å²) in [6.07, 6.45) is 0. The quantitative estimate of drug-likeness (QED) is 0.0719. The molecule has 0 saturated heterocycles. The van der Waals surface area contributed by atoms with Gasteiger partial charge < -0.3 is 19.5 Å². The molecule has 0 aliphatic heterocycles. The molecule has 4 rings (SSSR count). The van der Waals surface area contributed by atoms with Crippen LogP contribution in [-0.4, -0.2) is 56.2 Å². The van der Waals surface area contributed by atoms with E-state index < -0.39 is 0 Å². The Kier molecular flexibility index (Phi) is 25.7.